The van der Waals surface area contributed by atoms with Crippen molar-refractivity contribution >= 4 is 63.0 Å². The highest BCUT2D eigenvalue weighted by atomic mass is 32.1. The Kier molecular flexibility index (Phi) is 5.86. The predicted molar refractivity (Wildman–Crippen MR) is 187 cm³/mol. The van der Waals surface area contributed by atoms with E-state index in [1.807, 2.05) is 6.07 Å². The van der Waals surface area contributed by atoms with Crippen molar-refractivity contribution in [2.24, 2.45) is 0 Å². The van der Waals surface area contributed by atoms with Gasteiger partial charge in [-0.1, -0.05) is 115 Å². The minimum absolute atomic E-state index is 0.666. The molecule has 0 atom stereocenters. The summed E-state index contributed by atoms with van der Waals surface area (Å²) in [7, 11) is 0. The summed E-state index contributed by atoms with van der Waals surface area (Å²) in [5.74, 6) is 2.02. The van der Waals surface area contributed by atoms with Crippen LogP contribution in [0.1, 0.15) is 0 Å². The van der Waals surface area contributed by atoms with Crippen molar-refractivity contribution in [1.82, 2.24) is 15.0 Å². The van der Waals surface area contributed by atoms with Crippen LogP contribution in [0.15, 0.2) is 140 Å². The van der Waals surface area contributed by atoms with Gasteiger partial charge in [-0.15, -0.1) is 22.7 Å². The topological polar surface area (TPSA) is 38.7 Å². The summed E-state index contributed by atoms with van der Waals surface area (Å²) in [6.07, 6.45) is 0. The van der Waals surface area contributed by atoms with Gasteiger partial charge in [0.1, 0.15) is 0 Å². The van der Waals surface area contributed by atoms with Gasteiger partial charge in [0.15, 0.2) is 17.5 Å². The highest BCUT2D eigenvalue weighted by Gasteiger charge is 2.19. The minimum atomic E-state index is 0.666. The van der Waals surface area contributed by atoms with E-state index >= 15 is 0 Å². The van der Waals surface area contributed by atoms with Gasteiger partial charge in [0.2, 0.25) is 0 Å². The molecule has 0 radical (unpaired) electrons. The number of rotatable bonds is 4. The molecule has 0 unspecified atom stereocenters. The second-order valence-electron chi connectivity index (χ2n) is 10.8. The van der Waals surface area contributed by atoms with Crippen LogP contribution < -0.4 is 0 Å². The number of thiophene rings is 2. The highest BCUT2D eigenvalue weighted by molar-refractivity contribution is 7.26. The Balaban J connectivity index is 1.31. The van der Waals surface area contributed by atoms with Crippen LogP contribution in [0.5, 0.6) is 0 Å². The molecule has 0 amide bonds. The maximum Gasteiger partial charge on any atom is 0.165 e. The van der Waals surface area contributed by atoms with E-state index in [0.29, 0.717) is 17.5 Å². The molecule has 5 heteroatoms. The average Bonchev–Trinajstić information content (AvgIpc) is 3.66. The minimum Gasteiger partial charge on any atom is -0.208 e. The zero-order chi connectivity index (χ0) is 29.0. The molecular formula is C39H23N3S2. The number of aromatic nitrogens is 3. The Morgan fingerprint density at radius 2 is 0.909 bits per heavy atom. The zero-order valence-electron chi connectivity index (χ0n) is 23.4. The molecule has 0 spiro atoms. The second kappa shape index (κ2) is 10.2. The largest absolute Gasteiger partial charge is 0.208 e. The molecular weight excluding hydrogens is 575 g/mol. The molecule has 0 aliphatic heterocycles. The highest BCUT2D eigenvalue weighted by Crippen LogP contribution is 2.41. The molecule has 0 N–H and O–H groups in total. The molecule has 9 rings (SSSR count). The van der Waals surface area contributed by atoms with Crippen molar-refractivity contribution < 1.29 is 0 Å². The molecule has 0 aliphatic rings. The number of fused-ring (bicyclic) bond motifs is 6. The molecule has 9 aromatic rings. The van der Waals surface area contributed by atoms with Crippen LogP contribution in [0.4, 0.5) is 0 Å². The smallest absolute Gasteiger partial charge is 0.165 e. The van der Waals surface area contributed by atoms with Gasteiger partial charge in [-0.05, 0) is 35.4 Å². The Labute approximate surface area is 261 Å². The van der Waals surface area contributed by atoms with Gasteiger partial charge in [0, 0.05) is 57.0 Å². The van der Waals surface area contributed by atoms with Gasteiger partial charge in [0.05, 0.1) is 0 Å². The maximum absolute atomic E-state index is 5.19. The van der Waals surface area contributed by atoms with Crippen LogP contribution in [0.3, 0.4) is 0 Å². The summed E-state index contributed by atoms with van der Waals surface area (Å²) in [5, 5.41) is 5.02. The fourth-order valence-electron chi connectivity index (χ4n) is 6.08. The van der Waals surface area contributed by atoms with Crippen molar-refractivity contribution in [2.45, 2.75) is 0 Å². The van der Waals surface area contributed by atoms with Crippen LogP contribution in [-0.4, -0.2) is 15.0 Å². The molecule has 206 valence electrons. The second-order valence-corrected chi connectivity index (χ2v) is 12.9. The first-order valence-corrected chi connectivity index (χ1v) is 16.2. The third kappa shape index (κ3) is 4.13. The molecule has 6 aromatic carbocycles. The fraction of sp³-hybridized carbons (Fsp3) is 0. The number of hydrogen-bond acceptors (Lipinski definition) is 5. The summed E-state index contributed by atoms with van der Waals surface area (Å²) in [6.45, 7) is 0. The van der Waals surface area contributed by atoms with Gasteiger partial charge in [-0.25, -0.2) is 15.0 Å². The van der Waals surface area contributed by atoms with Gasteiger partial charge in [-0.2, -0.15) is 0 Å². The first kappa shape index (κ1) is 25.3. The van der Waals surface area contributed by atoms with E-state index in [1.54, 1.807) is 22.7 Å². The van der Waals surface area contributed by atoms with Crippen LogP contribution in [0.2, 0.25) is 0 Å². The quantitative estimate of drug-likeness (QED) is 0.203. The molecule has 0 bridgehead atoms. The first-order valence-electron chi connectivity index (χ1n) is 14.5. The van der Waals surface area contributed by atoms with E-state index in [1.165, 1.54) is 40.3 Å². The van der Waals surface area contributed by atoms with Crippen molar-refractivity contribution in [3.8, 4) is 45.3 Å². The van der Waals surface area contributed by atoms with Gasteiger partial charge >= 0.3 is 0 Å². The molecule has 0 saturated carbocycles. The van der Waals surface area contributed by atoms with E-state index in [9.17, 15) is 0 Å². The summed E-state index contributed by atoms with van der Waals surface area (Å²) < 4.78 is 4.95. The summed E-state index contributed by atoms with van der Waals surface area (Å²) in [5.41, 5.74) is 5.21. The number of hydrogen-bond donors (Lipinski definition) is 0. The van der Waals surface area contributed by atoms with Crippen molar-refractivity contribution in [3.05, 3.63) is 140 Å². The maximum atomic E-state index is 5.19. The van der Waals surface area contributed by atoms with Gasteiger partial charge in [-0.3, -0.25) is 0 Å². The van der Waals surface area contributed by atoms with Crippen LogP contribution in [0, 0.1) is 0 Å². The lowest BCUT2D eigenvalue weighted by Gasteiger charge is -2.12. The fourth-order valence-corrected chi connectivity index (χ4v) is 8.44. The molecule has 0 saturated heterocycles. The van der Waals surface area contributed by atoms with E-state index in [2.05, 4.69) is 133 Å². The van der Waals surface area contributed by atoms with Crippen molar-refractivity contribution in [2.75, 3.05) is 0 Å². The van der Waals surface area contributed by atoms with Crippen molar-refractivity contribution in [1.29, 1.82) is 0 Å². The lowest BCUT2D eigenvalue weighted by Crippen LogP contribution is -2.01. The zero-order valence-corrected chi connectivity index (χ0v) is 25.1. The molecule has 0 fully saturated rings. The van der Waals surface area contributed by atoms with Crippen molar-refractivity contribution in [3.63, 3.8) is 0 Å². The predicted octanol–water partition coefficient (Wildman–Crippen LogP) is 11.3. The van der Waals surface area contributed by atoms with Gasteiger partial charge in [0.25, 0.3) is 0 Å². The van der Waals surface area contributed by atoms with Crippen LogP contribution in [-0.2, 0) is 0 Å². The molecule has 0 aliphatic carbocycles. The standard InChI is InChI=1S/C39H23N3S2/c1-2-11-24(12-3-1)26-13-4-5-16-31(26)38-40-37(25-21-22-29-27-14-6-8-19-33(27)43-35(29)23-25)41-39(42-38)32-18-10-17-30-28-15-7-9-20-34(28)44-36(30)32/h1-23H. The number of nitrogens with zero attached hydrogens (tertiary/aromatic N) is 3. The summed E-state index contributed by atoms with van der Waals surface area (Å²) >= 11 is 3.60. The normalized spacial score (nSPS) is 11.6. The average molecular weight is 598 g/mol. The summed E-state index contributed by atoms with van der Waals surface area (Å²) in [4.78, 5) is 15.5. The Bertz CT molecular complexity index is 2510. The van der Waals surface area contributed by atoms with E-state index in [4.69, 9.17) is 15.0 Å². The summed E-state index contributed by atoms with van der Waals surface area (Å²) in [6, 6.07) is 49.0. The molecule has 44 heavy (non-hydrogen) atoms. The SMILES string of the molecule is c1ccc(-c2ccccc2-c2nc(-c3ccc4c(c3)sc3ccccc34)nc(-c3cccc4c3sc3ccccc34)n2)cc1. The number of benzene rings is 6. The van der Waals surface area contributed by atoms with Crippen LogP contribution >= 0.6 is 22.7 Å². The van der Waals surface area contributed by atoms with Crippen LogP contribution in [0.25, 0.3) is 85.6 Å². The Morgan fingerprint density at radius 3 is 1.73 bits per heavy atom. The monoisotopic (exact) mass is 597 g/mol. The van der Waals surface area contributed by atoms with E-state index < -0.39 is 0 Å². The Hall–Kier alpha value is -5.23. The molecule has 3 heterocycles. The van der Waals surface area contributed by atoms with Gasteiger partial charge < -0.3 is 0 Å². The lowest BCUT2D eigenvalue weighted by molar-refractivity contribution is 1.08. The molecule has 3 aromatic heterocycles. The third-order valence-electron chi connectivity index (χ3n) is 8.17. The van der Waals surface area contributed by atoms with E-state index in [-0.39, 0.29) is 0 Å². The molecule has 3 nitrogen and oxygen atoms in total. The third-order valence-corrected chi connectivity index (χ3v) is 10.5. The first-order chi connectivity index (χ1) is 21.8. The Morgan fingerprint density at radius 1 is 0.341 bits per heavy atom. The lowest BCUT2D eigenvalue weighted by atomic mass is 9.99. The van der Waals surface area contributed by atoms with E-state index in [0.717, 1.165) is 27.8 Å².